The van der Waals surface area contributed by atoms with Gasteiger partial charge in [0.05, 0.1) is 4.90 Å². The fraction of sp³-hybridized carbons (Fsp3) is 0.344. The molecule has 0 unspecified atom stereocenters. The van der Waals surface area contributed by atoms with E-state index < -0.39 is 22.2 Å². The van der Waals surface area contributed by atoms with Crippen LogP contribution in [-0.2, 0) is 31.0 Å². The number of nitrogens with one attached hydrogen (secondary N) is 2. The zero-order valence-electron chi connectivity index (χ0n) is 25.1. The third-order valence-corrected chi connectivity index (χ3v) is 9.42. The second kappa shape index (κ2) is 14.8. The molecular formula is C32H39N5O6S. The summed E-state index contributed by atoms with van der Waals surface area (Å²) in [5.41, 5.74) is 1.72. The maximum absolute atomic E-state index is 13.8. The maximum atomic E-state index is 13.8. The first-order chi connectivity index (χ1) is 21.1. The number of ether oxygens (including phenoxy) is 1. The third-order valence-electron chi connectivity index (χ3n) is 7.47. The summed E-state index contributed by atoms with van der Waals surface area (Å²) >= 11 is 0. The molecule has 1 atom stereocenters. The van der Waals surface area contributed by atoms with E-state index in [9.17, 15) is 22.8 Å². The minimum atomic E-state index is -3.84. The van der Waals surface area contributed by atoms with Gasteiger partial charge in [-0.15, -0.1) is 0 Å². The summed E-state index contributed by atoms with van der Waals surface area (Å²) in [4.78, 5) is 41.5. The molecule has 4 rings (SSSR count). The molecule has 12 heteroatoms. The van der Waals surface area contributed by atoms with Crippen molar-refractivity contribution < 1.29 is 27.5 Å². The molecule has 0 bridgehead atoms. The molecule has 1 aliphatic rings. The molecule has 44 heavy (non-hydrogen) atoms. The highest BCUT2D eigenvalue weighted by molar-refractivity contribution is 7.89. The molecule has 1 heterocycles. The number of nitrogens with zero attached hydrogens (tertiary/aromatic N) is 3. The van der Waals surface area contributed by atoms with Gasteiger partial charge in [0.15, 0.2) is 0 Å². The second-order valence-corrected chi connectivity index (χ2v) is 12.6. The molecule has 0 aliphatic carbocycles. The number of alkyl carbamates (subject to hydrolysis) is 1. The van der Waals surface area contributed by atoms with Crippen LogP contribution < -0.4 is 15.5 Å². The van der Waals surface area contributed by atoms with Gasteiger partial charge in [0, 0.05) is 63.3 Å². The number of carbonyl (C=O) groups excluding carboxylic acids is 3. The van der Waals surface area contributed by atoms with Crippen LogP contribution in [0.15, 0.2) is 84.3 Å². The normalized spacial score (nSPS) is 14.5. The molecule has 3 aromatic carbocycles. The van der Waals surface area contributed by atoms with E-state index in [1.165, 1.54) is 4.31 Å². The van der Waals surface area contributed by atoms with E-state index >= 15 is 0 Å². The van der Waals surface area contributed by atoms with Crippen molar-refractivity contribution in [2.45, 2.75) is 30.4 Å². The van der Waals surface area contributed by atoms with Gasteiger partial charge in [-0.25, -0.2) is 13.2 Å². The molecule has 11 nitrogen and oxygen atoms in total. The van der Waals surface area contributed by atoms with E-state index in [-0.39, 0.29) is 55.9 Å². The average Bonchev–Trinajstić information content (AvgIpc) is 3.04. The van der Waals surface area contributed by atoms with Crippen LogP contribution in [0.1, 0.15) is 18.4 Å². The van der Waals surface area contributed by atoms with Gasteiger partial charge in [-0.3, -0.25) is 9.59 Å². The van der Waals surface area contributed by atoms with Gasteiger partial charge in [0.2, 0.25) is 21.8 Å². The second-order valence-electron chi connectivity index (χ2n) is 10.6. The summed E-state index contributed by atoms with van der Waals surface area (Å²) in [6.07, 6.45) is 1.09. The van der Waals surface area contributed by atoms with Crippen LogP contribution in [0.4, 0.5) is 10.5 Å². The number of hydrogen-bond donors (Lipinski definition) is 2. The molecule has 0 spiro atoms. The highest BCUT2D eigenvalue weighted by atomic mass is 32.2. The van der Waals surface area contributed by atoms with Gasteiger partial charge < -0.3 is 25.2 Å². The first-order valence-corrected chi connectivity index (χ1v) is 15.9. The average molecular weight is 622 g/mol. The Morgan fingerprint density at radius 1 is 0.955 bits per heavy atom. The van der Waals surface area contributed by atoms with Crippen molar-refractivity contribution in [3.05, 3.63) is 84.9 Å². The summed E-state index contributed by atoms with van der Waals surface area (Å²) in [6.45, 7) is 4.31. The lowest BCUT2D eigenvalue weighted by Crippen LogP contribution is -2.55. The number of benzene rings is 3. The topological polar surface area (TPSA) is 128 Å². The molecule has 1 fully saturated rings. The number of piperazine rings is 1. The van der Waals surface area contributed by atoms with Gasteiger partial charge in [-0.2, -0.15) is 4.31 Å². The highest BCUT2D eigenvalue weighted by Gasteiger charge is 2.34. The summed E-state index contributed by atoms with van der Waals surface area (Å²) in [7, 11) is -0.0200. The minimum absolute atomic E-state index is 0.0454. The third kappa shape index (κ3) is 7.94. The largest absolute Gasteiger partial charge is 0.445 e. The predicted molar refractivity (Wildman–Crippen MR) is 170 cm³/mol. The Morgan fingerprint density at radius 3 is 2.32 bits per heavy atom. The number of anilines is 1. The molecule has 2 N–H and O–H groups in total. The molecule has 0 radical (unpaired) electrons. The van der Waals surface area contributed by atoms with Gasteiger partial charge in [0.1, 0.15) is 12.6 Å². The van der Waals surface area contributed by atoms with Gasteiger partial charge in [-0.05, 0) is 36.6 Å². The van der Waals surface area contributed by atoms with Crippen molar-refractivity contribution in [2.75, 3.05) is 51.7 Å². The van der Waals surface area contributed by atoms with Crippen molar-refractivity contribution in [2.24, 2.45) is 0 Å². The van der Waals surface area contributed by atoms with Crippen LogP contribution in [0, 0.1) is 0 Å². The summed E-state index contributed by atoms with van der Waals surface area (Å²) in [5.74, 6) is -0.667. The monoisotopic (exact) mass is 621 g/mol. The molecule has 234 valence electrons. The number of rotatable bonds is 12. The van der Waals surface area contributed by atoms with Crippen LogP contribution in [0.3, 0.4) is 0 Å². The van der Waals surface area contributed by atoms with Gasteiger partial charge in [-0.1, -0.05) is 61.2 Å². The van der Waals surface area contributed by atoms with E-state index in [4.69, 9.17) is 4.74 Å². The molecule has 0 aromatic heterocycles. The predicted octanol–water partition coefficient (Wildman–Crippen LogP) is 3.12. The Morgan fingerprint density at radius 2 is 1.64 bits per heavy atom. The summed E-state index contributed by atoms with van der Waals surface area (Å²) < 4.78 is 34.3. The lowest BCUT2D eigenvalue weighted by atomic mass is 10.1. The number of hydrogen-bond acceptors (Lipinski definition) is 7. The molecule has 3 amide bonds. The van der Waals surface area contributed by atoms with Crippen LogP contribution in [0.25, 0.3) is 10.8 Å². The highest BCUT2D eigenvalue weighted by Crippen LogP contribution is 2.32. The summed E-state index contributed by atoms with van der Waals surface area (Å²) in [6, 6.07) is 19.1. The lowest BCUT2D eigenvalue weighted by Gasteiger charge is -2.36. The van der Waals surface area contributed by atoms with E-state index in [0.29, 0.717) is 18.4 Å². The Balaban J connectivity index is 1.42. The number of carbonyl (C=O) groups is 3. The molecule has 0 saturated carbocycles. The zero-order chi connectivity index (χ0) is 31.7. The Hall–Kier alpha value is -4.42. The fourth-order valence-corrected chi connectivity index (χ4v) is 6.77. The Labute approximate surface area is 258 Å². The van der Waals surface area contributed by atoms with Crippen LogP contribution in [0.2, 0.25) is 0 Å². The first-order valence-electron chi connectivity index (χ1n) is 14.5. The van der Waals surface area contributed by atoms with Gasteiger partial charge >= 0.3 is 6.09 Å². The number of amides is 3. The quantitative estimate of drug-likeness (QED) is 0.235. The van der Waals surface area contributed by atoms with Crippen LogP contribution in [0.5, 0.6) is 0 Å². The summed E-state index contributed by atoms with van der Waals surface area (Å²) in [5, 5.41) is 6.81. The van der Waals surface area contributed by atoms with E-state index in [1.807, 2.05) is 67.5 Å². The van der Waals surface area contributed by atoms with Crippen LogP contribution in [-0.4, -0.2) is 88.4 Å². The molecule has 1 aliphatic heterocycles. The van der Waals surface area contributed by atoms with Crippen molar-refractivity contribution >= 4 is 44.4 Å². The number of fused-ring (bicyclic) bond motifs is 1. The van der Waals surface area contributed by atoms with Crippen molar-refractivity contribution in [3.63, 3.8) is 0 Å². The maximum Gasteiger partial charge on any atom is 0.408 e. The minimum Gasteiger partial charge on any atom is -0.445 e. The zero-order valence-corrected chi connectivity index (χ0v) is 25.9. The van der Waals surface area contributed by atoms with E-state index in [0.717, 1.165) is 22.7 Å². The van der Waals surface area contributed by atoms with Crippen molar-refractivity contribution in [3.8, 4) is 0 Å². The molecule has 1 saturated heterocycles. The van der Waals surface area contributed by atoms with Crippen molar-refractivity contribution in [1.82, 2.24) is 19.8 Å². The standard InChI is InChI=1S/C32H39N5O6S/c1-4-30(38)33-18-10-15-27(34-32(40)43-23-24-11-6-5-7-12-24)31(39)36-19-21-37(22-20-36)44(41,42)29-17-9-13-25-26(29)14-8-16-28(25)35(2)3/h4-9,11-14,16-17,27H,1,10,15,18-23H2,2-3H3,(H,33,38)(H,34,40)/t27-/m0/s1. The van der Waals surface area contributed by atoms with E-state index in [1.54, 1.807) is 23.1 Å². The Kier molecular flexibility index (Phi) is 11.0. The van der Waals surface area contributed by atoms with Crippen molar-refractivity contribution in [1.29, 1.82) is 0 Å². The van der Waals surface area contributed by atoms with Crippen LogP contribution >= 0.6 is 0 Å². The van der Waals surface area contributed by atoms with E-state index in [2.05, 4.69) is 17.2 Å². The number of sulfonamides is 1. The SMILES string of the molecule is C=CC(=O)NCCC[C@H](NC(=O)OCc1ccccc1)C(=O)N1CCN(S(=O)(=O)c2cccc3c(N(C)C)cccc23)CC1. The molecular weight excluding hydrogens is 582 g/mol. The lowest BCUT2D eigenvalue weighted by molar-refractivity contribution is -0.134. The Bertz CT molecular complexity index is 1590. The molecule has 3 aromatic rings. The fourth-order valence-electron chi connectivity index (χ4n) is 5.14. The first kappa shape index (κ1) is 32.5. The smallest absolute Gasteiger partial charge is 0.408 e. The van der Waals surface area contributed by atoms with Gasteiger partial charge in [0.25, 0.3) is 0 Å².